The third kappa shape index (κ3) is 3.89. The summed E-state index contributed by atoms with van der Waals surface area (Å²) in [5, 5.41) is 3.32. The van der Waals surface area contributed by atoms with E-state index >= 15 is 0 Å². The van der Waals surface area contributed by atoms with Gasteiger partial charge in [0.05, 0.1) is 0 Å². The molecule has 0 radical (unpaired) electrons. The van der Waals surface area contributed by atoms with Gasteiger partial charge in [0.1, 0.15) is 11.6 Å². The molecule has 2 aromatic rings. The van der Waals surface area contributed by atoms with Crippen LogP contribution in [0.2, 0.25) is 0 Å². The first-order valence-corrected chi connectivity index (χ1v) is 6.48. The van der Waals surface area contributed by atoms with Crippen LogP contribution >= 0.6 is 0 Å². The topological polar surface area (TPSA) is 17.0 Å². The molecule has 0 spiro atoms. The molecule has 0 atom stereocenters. The van der Waals surface area contributed by atoms with Gasteiger partial charge in [0, 0.05) is 31.0 Å². The van der Waals surface area contributed by atoms with Gasteiger partial charge in [-0.3, -0.25) is 0 Å². The molecule has 0 unspecified atom stereocenters. The van der Waals surface area contributed by atoms with Crippen molar-refractivity contribution in [3.8, 4) is 0 Å². The van der Waals surface area contributed by atoms with E-state index in [2.05, 4.69) is 12.2 Å². The van der Waals surface area contributed by atoms with Gasteiger partial charge in [-0.25, -0.2) is 8.78 Å². The third-order valence-corrected chi connectivity index (χ3v) is 2.93. The summed E-state index contributed by atoms with van der Waals surface area (Å²) in [7, 11) is 0. The lowest BCUT2D eigenvalue weighted by atomic mass is 10.2. The molecule has 1 aromatic carbocycles. The lowest BCUT2D eigenvalue weighted by molar-refractivity contribution is 0.575. The van der Waals surface area contributed by atoms with Crippen LogP contribution in [0.4, 0.5) is 8.78 Å². The minimum absolute atomic E-state index is 0.477. The van der Waals surface area contributed by atoms with Gasteiger partial charge in [-0.15, -0.1) is 0 Å². The maximum atomic E-state index is 13.1. The van der Waals surface area contributed by atoms with E-state index in [1.807, 2.05) is 22.9 Å². The summed E-state index contributed by atoms with van der Waals surface area (Å²) in [5.41, 5.74) is 1.74. The van der Waals surface area contributed by atoms with Crippen LogP contribution in [0.5, 0.6) is 0 Å². The number of hydrogen-bond donors (Lipinski definition) is 1. The Morgan fingerprint density at radius 2 is 1.89 bits per heavy atom. The van der Waals surface area contributed by atoms with Gasteiger partial charge in [0.15, 0.2) is 0 Å². The van der Waals surface area contributed by atoms with Crippen molar-refractivity contribution in [3.63, 3.8) is 0 Å². The first kappa shape index (κ1) is 13.7. The van der Waals surface area contributed by atoms with Gasteiger partial charge >= 0.3 is 0 Å². The molecule has 0 aliphatic heterocycles. The number of aromatic nitrogens is 1. The van der Waals surface area contributed by atoms with Gasteiger partial charge in [-0.2, -0.15) is 0 Å². The van der Waals surface area contributed by atoms with Crippen molar-refractivity contribution in [2.45, 2.75) is 26.4 Å². The molecule has 0 saturated heterocycles. The Bertz CT molecular complexity index is 514. The number of halogens is 2. The molecule has 0 amide bonds. The molecule has 0 fully saturated rings. The summed E-state index contributed by atoms with van der Waals surface area (Å²) in [5.74, 6) is -1.07. The normalized spacial score (nSPS) is 10.9. The highest BCUT2D eigenvalue weighted by molar-refractivity contribution is 5.20. The van der Waals surface area contributed by atoms with Crippen molar-refractivity contribution < 1.29 is 8.78 Å². The van der Waals surface area contributed by atoms with Crippen LogP contribution in [0.25, 0.3) is 0 Å². The third-order valence-electron chi connectivity index (χ3n) is 2.93. The number of rotatable bonds is 6. The zero-order chi connectivity index (χ0) is 13.7. The fraction of sp³-hybridized carbons (Fsp3) is 0.333. The van der Waals surface area contributed by atoms with E-state index in [-0.39, 0.29) is 0 Å². The fourth-order valence-electron chi connectivity index (χ4n) is 2.06. The van der Waals surface area contributed by atoms with E-state index < -0.39 is 11.6 Å². The van der Waals surface area contributed by atoms with Gasteiger partial charge < -0.3 is 9.88 Å². The summed E-state index contributed by atoms with van der Waals surface area (Å²) >= 11 is 0. The number of benzene rings is 1. The minimum Gasteiger partial charge on any atom is -0.346 e. The Morgan fingerprint density at radius 1 is 1.16 bits per heavy atom. The van der Waals surface area contributed by atoms with Crippen LogP contribution in [0.1, 0.15) is 24.6 Å². The first-order chi connectivity index (χ1) is 9.19. The summed E-state index contributed by atoms with van der Waals surface area (Å²) in [4.78, 5) is 0. The van der Waals surface area contributed by atoms with Crippen LogP contribution in [-0.4, -0.2) is 11.1 Å². The summed E-state index contributed by atoms with van der Waals surface area (Å²) in [6.45, 7) is 4.31. The molecule has 0 aliphatic rings. The molecular weight excluding hydrogens is 246 g/mol. The SMILES string of the molecule is CCCNCc1cccn1Cc1cc(F)cc(F)c1. The minimum atomic E-state index is -0.534. The van der Waals surface area contributed by atoms with Crippen LogP contribution < -0.4 is 5.32 Å². The van der Waals surface area contributed by atoms with Crippen LogP contribution in [-0.2, 0) is 13.1 Å². The first-order valence-electron chi connectivity index (χ1n) is 6.48. The molecule has 0 bridgehead atoms. The van der Waals surface area contributed by atoms with Gasteiger partial charge in [0.2, 0.25) is 0 Å². The Balaban J connectivity index is 2.08. The smallest absolute Gasteiger partial charge is 0.126 e. The van der Waals surface area contributed by atoms with Crippen molar-refractivity contribution >= 4 is 0 Å². The second kappa shape index (κ2) is 6.48. The maximum Gasteiger partial charge on any atom is 0.126 e. The highest BCUT2D eigenvalue weighted by atomic mass is 19.1. The Morgan fingerprint density at radius 3 is 2.58 bits per heavy atom. The maximum absolute atomic E-state index is 13.1. The molecule has 2 rings (SSSR count). The molecule has 1 N–H and O–H groups in total. The highest BCUT2D eigenvalue weighted by Gasteiger charge is 2.04. The quantitative estimate of drug-likeness (QED) is 0.792. The Labute approximate surface area is 112 Å². The summed E-state index contributed by atoms with van der Waals surface area (Å²) < 4.78 is 28.3. The fourth-order valence-corrected chi connectivity index (χ4v) is 2.06. The predicted molar refractivity (Wildman–Crippen MR) is 71.9 cm³/mol. The van der Waals surface area contributed by atoms with E-state index in [1.165, 1.54) is 12.1 Å². The van der Waals surface area contributed by atoms with Crippen molar-refractivity contribution in [1.29, 1.82) is 0 Å². The van der Waals surface area contributed by atoms with Crippen molar-refractivity contribution in [2.24, 2.45) is 0 Å². The largest absolute Gasteiger partial charge is 0.346 e. The average Bonchev–Trinajstić information content (AvgIpc) is 2.76. The van der Waals surface area contributed by atoms with E-state index in [4.69, 9.17) is 0 Å². The van der Waals surface area contributed by atoms with E-state index in [0.29, 0.717) is 12.1 Å². The number of nitrogens with one attached hydrogen (secondary N) is 1. The van der Waals surface area contributed by atoms with Gasteiger partial charge in [-0.1, -0.05) is 6.92 Å². The van der Waals surface area contributed by atoms with Gasteiger partial charge in [0.25, 0.3) is 0 Å². The van der Waals surface area contributed by atoms with Crippen LogP contribution in [0.3, 0.4) is 0 Å². The number of nitrogens with zero attached hydrogens (tertiary/aromatic N) is 1. The van der Waals surface area contributed by atoms with Crippen molar-refractivity contribution in [1.82, 2.24) is 9.88 Å². The molecule has 2 nitrogen and oxygen atoms in total. The predicted octanol–water partition coefficient (Wildman–Crippen LogP) is 3.31. The second-order valence-electron chi connectivity index (χ2n) is 4.58. The van der Waals surface area contributed by atoms with Crippen molar-refractivity contribution in [2.75, 3.05) is 6.54 Å². The standard InChI is InChI=1S/C15H18F2N2/c1-2-5-18-10-15-4-3-6-19(15)11-12-7-13(16)9-14(17)8-12/h3-4,6-9,18H,2,5,10-11H2,1H3. The molecule has 0 aliphatic carbocycles. The molecule has 4 heteroatoms. The van der Waals surface area contributed by atoms with Crippen LogP contribution in [0, 0.1) is 11.6 Å². The van der Waals surface area contributed by atoms with E-state index in [9.17, 15) is 8.78 Å². The zero-order valence-corrected chi connectivity index (χ0v) is 11.0. The zero-order valence-electron chi connectivity index (χ0n) is 11.0. The van der Waals surface area contributed by atoms with Crippen molar-refractivity contribution in [3.05, 3.63) is 59.4 Å². The Hall–Kier alpha value is -1.68. The molecule has 0 saturated carbocycles. The lowest BCUT2D eigenvalue weighted by Crippen LogP contribution is -2.17. The molecule has 1 aromatic heterocycles. The number of hydrogen-bond acceptors (Lipinski definition) is 1. The molecule has 1 heterocycles. The molecule has 102 valence electrons. The Kier molecular flexibility index (Phi) is 4.68. The highest BCUT2D eigenvalue weighted by Crippen LogP contribution is 2.12. The van der Waals surface area contributed by atoms with E-state index in [0.717, 1.165) is 31.3 Å². The summed E-state index contributed by atoms with van der Waals surface area (Å²) in [6, 6.07) is 7.58. The summed E-state index contributed by atoms with van der Waals surface area (Å²) in [6.07, 6.45) is 3.00. The van der Waals surface area contributed by atoms with Crippen LogP contribution in [0.15, 0.2) is 36.5 Å². The van der Waals surface area contributed by atoms with E-state index in [1.54, 1.807) is 0 Å². The second-order valence-corrected chi connectivity index (χ2v) is 4.58. The molecular formula is C15H18F2N2. The van der Waals surface area contributed by atoms with Gasteiger partial charge in [-0.05, 0) is 42.8 Å². The average molecular weight is 264 g/mol. The lowest BCUT2D eigenvalue weighted by Gasteiger charge is -2.10. The monoisotopic (exact) mass is 264 g/mol. The molecule has 19 heavy (non-hydrogen) atoms.